The molecule has 0 saturated heterocycles. The monoisotopic (exact) mass is 288 g/mol. The zero-order valence-electron chi connectivity index (χ0n) is 13.0. The van der Waals surface area contributed by atoms with Gasteiger partial charge in [-0.25, -0.2) is 0 Å². The third-order valence-electron chi connectivity index (χ3n) is 5.49. The van der Waals surface area contributed by atoms with E-state index in [-0.39, 0.29) is 0 Å². The van der Waals surface area contributed by atoms with Gasteiger partial charge in [-0.3, -0.25) is 0 Å². The highest BCUT2D eigenvalue weighted by molar-refractivity contribution is 5.28. The first-order valence-electron chi connectivity index (χ1n) is 8.64. The largest absolute Gasteiger partial charge is 0.390 e. The minimum atomic E-state index is -0.613. The van der Waals surface area contributed by atoms with Gasteiger partial charge in [-0.1, -0.05) is 62.8 Å². The molecule has 1 aromatic rings. The normalized spacial score (nSPS) is 24.7. The molecule has 0 atom stereocenters. The van der Waals surface area contributed by atoms with Gasteiger partial charge in [0.15, 0.2) is 0 Å². The summed E-state index contributed by atoms with van der Waals surface area (Å²) in [7, 11) is 0. The molecule has 2 aliphatic rings. The first-order valence-corrected chi connectivity index (χ1v) is 8.64. The van der Waals surface area contributed by atoms with E-state index in [1.54, 1.807) is 0 Å². The van der Waals surface area contributed by atoms with Crippen molar-refractivity contribution in [1.29, 1.82) is 0 Å². The predicted molar refractivity (Wildman–Crippen MR) is 85.2 cm³/mol. The quantitative estimate of drug-likeness (QED) is 0.880. The van der Waals surface area contributed by atoms with Crippen LogP contribution in [0.2, 0.25) is 0 Å². The minimum absolute atomic E-state index is 0.499. The molecule has 0 radical (unpaired) electrons. The van der Waals surface area contributed by atoms with E-state index in [0.717, 1.165) is 63.4 Å². The molecule has 2 heteroatoms. The second-order valence-electron chi connectivity index (χ2n) is 7.25. The molecule has 1 aromatic carbocycles. The molecule has 0 spiro atoms. The van der Waals surface area contributed by atoms with Gasteiger partial charge >= 0.3 is 0 Å². The molecule has 2 aliphatic carbocycles. The van der Waals surface area contributed by atoms with Crippen molar-refractivity contribution in [3.63, 3.8) is 0 Å². The molecule has 0 aromatic heterocycles. The van der Waals surface area contributed by atoms with Crippen molar-refractivity contribution in [1.82, 2.24) is 0 Å². The van der Waals surface area contributed by atoms with E-state index in [9.17, 15) is 10.2 Å². The van der Waals surface area contributed by atoms with Crippen molar-refractivity contribution in [2.45, 2.75) is 81.8 Å². The lowest BCUT2D eigenvalue weighted by Crippen LogP contribution is -2.33. The fraction of sp³-hybridized carbons (Fsp3) is 0.684. The summed E-state index contributed by atoms with van der Waals surface area (Å²) in [6, 6.07) is 8.36. The van der Waals surface area contributed by atoms with Gasteiger partial charge in [0.2, 0.25) is 0 Å². The summed E-state index contributed by atoms with van der Waals surface area (Å²) in [4.78, 5) is 0. The SMILES string of the molecule is OC1(Cc2ccc(C3(O)CCCCC3)cc2)CCCCC1. The number of rotatable bonds is 3. The number of benzene rings is 1. The van der Waals surface area contributed by atoms with Gasteiger partial charge in [-0.15, -0.1) is 0 Å². The van der Waals surface area contributed by atoms with Crippen LogP contribution in [0.3, 0.4) is 0 Å². The summed E-state index contributed by atoms with van der Waals surface area (Å²) in [6.07, 6.45) is 11.4. The smallest absolute Gasteiger partial charge is 0.0896 e. The first kappa shape index (κ1) is 15.1. The number of aliphatic hydroxyl groups is 2. The molecule has 3 rings (SSSR count). The molecule has 0 unspecified atom stereocenters. The van der Waals surface area contributed by atoms with Gasteiger partial charge in [0, 0.05) is 6.42 Å². The number of hydrogen-bond acceptors (Lipinski definition) is 2. The first-order chi connectivity index (χ1) is 10.1. The molecular weight excluding hydrogens is 260 g/mol. The molecular formula is C19H28O2. The van der Waals surface area contributed by atoms with Crippen LogP contribution in [-0.4, -0.2) is 15.8 Å². The van der Waals surface area contributed by atoms with Crippen LogP contribution in [0.15, 0.2) is 24.3 Å². The van der Waals surface area contributed by atoms with Gasteiger partial charge in [-0.05, 0) is 36.8 Å². The lowest BCUT2D eigenvalue weighted by atomic mass is 9.78. The Kier molecular flexibility index (Phi) is 4.37. The van der Waals surface area contributed by atoms with Crippen LogP contribution in [0.4, 0.5) is 0 Å². The Morgan fingerprint density at radius 3 is 1.81 bits per heavy atom. The van der Waals surface area contributed by atoms with Crippen LogP contribution in [-0.2, 0) is 12.0 Å². The third-order valence-corrected chi connectivity index (χ3v) is 5.49. The molecule has 0 heterocycles. The van der Waals surface area contributed by atoms with E-state index >= 15 is 0 Å². The maximum absolute atomic E-state index is 10.8. The Morgan fingerprint density at radius 2 is 1.24 bits per heavy atom. The highest BCUT2D eigenvalue weighted by atomic mass is 16.3. The molecule has 0 aliphatic heterocycles. The average molecular weight is 288 g/mol. The Labute approximate surface area is 128 Å². The van der Waals surface area contributed by atoms with Crippen molar-refractivity contribution in [2.75, 3.05) is 0 Å². The molecule has 2 N–H and O–H groups in total. The van der Waals surface area contributed by atoms with Gasteiger partial charge in [0.25, 0.3) is 0 Å². The van der Waals surface area contributed by atoms with Crippen molar-refractivity contribution in [3.8, 4) is 0 Å². The highest BCUT2D eigenvalue weighted by Gasteiger charge is 2.32. The summed E-state index contributed by atoms with van der Waals surface area (Å²) < 4.78 is 0. The summed E-state index contributed by atoms with van der Waals surface area (Å²) in [6.45, 7) is 0. The zero-order valence-corrected chi connectivity index (χ0v) is 13.0. The topological polar surface area (TPSA) is 40.5 Å². The van der Waals surface area contributed by atoms with Crippen molar-refractivity contribution in [3.05, 3.63) is 35.4 Å². The lowest BCUT2D eigenvalue weighted by Gasteiger charge is -2.34. The van der Waals surface area contributed by atoms with E-state index in [4.69, 9.17) is 0 Å². The highest BCUT2D eigenvalue weighted by Crippen LogP contribution is 2.37. The summed E-state index contributed by atoms with van der Waals surface area (Å²) in [5.41, 5.74) is 1.14. The summed E-state index contributed by atoms with van der Waals surface area (Å²) in [5.74, 6) is 0. The minimum Gasteiger partial charge on any atom is -0.390 e. The van der Waals surface area contributed by atoms with Gasteiger partial charge in [-0.2, -0.15) is 0 Å². The second-order valence-corrected chi connectivity index (χ2v) is 7.25. The second kappa shape index (κ2) is 6.10. The number of hydrogen-bond donors (Lipinski definition) is 2. The van der Waals surface area contributed by atoms with E-state index in [2.05, 4.69) is 24.3 Å². The molecule has 0 amide bonds. The van der Waals surface area contributed by atoms with E-state index < -0.39 is 11.2 Å². The van der Waals surface area contributed by atoms with Gasteiger partial charge in [0.1, 0.15) is 0 Å². The van der Waals surface area contributed by atoms with E-state index in [1.165, 1.54) is 18.4 Å². The van der Waals surface area contributed by atoms with Crippen LogP contribution in [0, 0.1) is 0 Å². The molecule has 116 valence electrons. The van der Waals surface area contributed by atoms with Crippen LogP contribution >= 0.6 is 0 Å². The molecule has 2 fully saturated rings. The molecule has 21 heavy (non-hydrogen) atoms. The van der Waals surface area contributed by atoms with Crippen LogP contribution < -0.4 is 0 Å². The standard InChI is InChI=1S/C19H28O2/c20-18(11-3-1-4-12-18)15-16-7-9-17(10-8-16)19(21)13-5-2-6-14-19/h7-10,20-21H,1-6,11-15H2. The summed E-state index contributed by atoms with van der Waals surface area (Å²) >= 11 is 0. The lowest BCUT2D eigenvalue weighted by molar-refractivity contribution is -0.000838. The van der Waals surface area contributed by atoms with Crippen LogP contribution in [0.5, 0.6) is 0 Å². The van der Waals surface area contributed by atoms with Gasteiger partial charge in [0.05, 0.1) is 11.2 Å². The fourth-order valence-electron chi connectivity index (χ4n) is 4.12. The van der Waals surface area contributed by atoms with Crippen LogP contribution in [0.1, 0.15) is 75.3 Å². The van der Waals surface area contributed by atoms with E-state index in [1.807, 2.05) is 0 Å². The maximum atomic E-state index is 10.8. The Balaban J connectivity index is 1.69. The molecule has 0 bridgehead atoms. The fourth-order valence-corrected chi connectivity index (χ4v) is 4.12. The van der Waals surface area contributed by atoms with Crippen molar-refractivity contribution in [2.24, 2.45) is 0 Å². The molecule has 2 saturated carbocycles. The van der Waals surface area contributed by atoms with Gasteiger partial charge < -0.3 is 10.2 Å². The third kappa shape index (κ3) is 3.49. The van der Waals surface area contributed by atoms with E-state index in [0.29, 0.717) is 0 Å². The Morgan fingerprint density at radius 1 is 0.714 bits per heavy atom. The molecule has 2 nitrogen and oxygen atoms in total. The van der Waals surface area contributed by atoms with Crippen molar-refractivity contribution < 1.29 is 10.2 Å². The summed E-state index contributed by atoms with van der Waals surface area (Å²) in [5, 5.41) is 21.4. The zero-order chi connectivity index (χ0) is 14.8. The van der Waals surface area contributed by atoms with Crippen LogP contribution in [0.25, 0.3) is 0 Å². The average Bonchev–Trinajstić information content (AvgIpc) is 2.49. The Hall–Kier alpha value is -0.860. The maximum Gasteiger partial charge on any atom is 0.0896 e. The Bertz CT molecular complexity index is 451. The predicted octanol–water partition coefficient (Wildman–Crippen LogP) is 4.08. The van der Waals surface area contributed by atoms with Crippen molar-refractivity contribution >= 4 is 0 Å².